The molecule has 0 aliphatic carbocycles. The van der Waals surface area contributed by atoms with Crippen molar-refractivity contribution in [3.63, 3.8) is 0 Å². The molecule has 33 heavy (non-hydrogen) atoms. The Hall–Kier alpha value is -3.45. The number of hydrogen-bond donors (Lipinski definition) is 2. The van der Waals surface area contributed by atoms with E-state index in [2.05, 4.69) is 35.2 Å². The minimum absolute atomic E-state index is 0.00396. The van der Waals surface area contributed by atoms with Gasteiger partial charge in [-0.15, -0.1) is 0 Å². The first kappa shape index (κ1) is 22.7. The maximum absolute atomic E-state index is 13.1. The number of amides is 2. The van der Waals surface area contributed by atoms with Gasteiger partial charge in [-0.3, -0.25) is 19.3 Å². The Morgan fingerprint density at radius 1 is 1.18 bits per heavy atom. The minimum Gasteiger partial charge on any atom is -0.481 e. The van der Waals surface area contributed by atoms with Gasteiger partial charge >= 0.3 is 5.97 Å². The van der Waals surface area contributed by atoms with Gasteiger partial charge in [-0.05, 0) is 54.2 Å². The third-order valence-corrected chi connectivity index (χ3v) is 6.59. The Morgan fingerprint density at radius 2 is 1.94 bits per heavy atom. The number of nitrogens with zero attached hydrogens (tertiary/aromatic N) is 2. The van der Waals surface area contributed by atoms with Gasteiger partial charge in [0.1, 0.15) is 6.04 Å². The standard InChI is InChI=1S/C26H29N3O4/c1-17-22-15-20(19-11-13-28(14-12-19)16-18-5-3-2-4-6-18)7-8-21(22)26(33)29(17)23(25(27)32)9-10-24(30)31/h2-8,11,15,17,23H,9-10,12-14,16H2,1H3,(H2,27,32)(H,30,31)/t17-,23+/m1/s1. The largest absolute Gasteiger partial charge is 0.481 e. The van der Waals surface area contributed by atoms with Crippen LogP contribution in [-0.4, -0.2) is 51.8 Å². The number of carbonyl (C=O) groups is 3. The number of primary amides is 1. The summed E-state index contributed by atoms with van der Waals surface area (Å²) < 4.78 is 0. The summed E-state index contributed by atoms with van der Waals surface area (Å²) in [6.45, 7) is 4.60. The van der Waals surface area contributed by atoms with E-state index in [4.69, 9.17) is 10.8 Å². The van der Waals surface area contributed by atoms with Crippen LogP contribution in [0.2, 0.25) is 0 Å². The number of hydrogen-bond acceptors (Lipinski definition) is 4. The molecule has 0 spiro atoms. The van der Waals surface area contributed by atoms with Crippen LogP contribution in [0.15, 0.2) is 54.6 Å². The monoisotopic (exact) mass is 447 g/mol. The zero-order chi connectivity index (χ0) is 23.5. The molecule has 0 saturated heterocycles. The summed E-state index contributed by atoms with van der Waals surface area (Å²) in [4.78, 5) is 39.9. The van der Waals surface area contributed by atoms with Gasteiger partial charge in [0.25, 0.3) is 5.91 Å². The predicted octanol–water partition coefficient (Wildman–Crippen LogP) is 3.21. The zero-order valence-corrected chi connectivity index (χ0v) is 18.7. The average molecular weight is 448 g/mol. The van der Waals surface area contributed by atoms with Crippen LogP contribution in [0.4, 0.5) is 0 Å². The molecule has 0 unspecified atom stereocenters. The van der Waals surface area contributed by atoms with Crippen molar-refractivity contribution in [2.75, 3.05) is 13.1 Å². The Labute approximate surface area is 193 Å². The quantitative estimate of drug-likeness (QED) is 0.647. The molecule has 4 rings (SSSR count). The van der Waals surface area contributed by atoms with Crippen LogP contribution in [0.1, 0.15) is 59.3 Å². The number of aliphatic carboxylic acids is 1. The number of fused-ring (bicyclic) bond motifs is 1. The van der Waals surface area contributed by atoms with E-state index in [1.54, 1.807) is 0 Å². The smallest absolute Gasteiger partial charge is 0.303 e. The molecule has 0 aromatic heterocycles. The van der Waals surface area contributed by atoms with Gasteiger partial charge in [-0.1, -0.05) is 42.5 Å². The Balaban J connectivity index is 1.50. The summed E-state index contributed by atoms with van der Waals surface area (Å²) in [6.07, 6.45) is 2.94. The topological polar surface area (TPSA) is 104 Å². The average Bonchev–Trinajstić information content (AvgIpc) is 3.05. The first-order chi connectivity index (χ1) is 15.8. The highest BCUT2D eigenvalue weighted by molar-refractivity contribution is 6.02. The van der Waals surface area contributed by atoms with Gasteiger partial charge in [-0.25, -0.2) is 0 Å². The van der Waals surface area contributed by atoms with E-state index in [-0.39, 0.29) is 24.8 Å². The summed E-state index contributed by atoms with van der Waals surface area (Å²) in [6, 6.07) is 14.9. The predicted molar refractivity (Wildman–Crippen MR) is 125 cm³/mol. The second-order valence-electron chi connectivity index (χ2n) is 8.74. The van der Waals surface area contributed by atoms with Crippen molar-refractivity contribution in [3.05, 3.63) is 76.9 Å². The Kier molecular flexibility index (Phi) is 6.60. The van der Waals surface area contributed by atoms with Crippen molar-refractivity contribution in [2.45, 2.75) is 44.8 Å². The normalized spacial score (nSPS) is 19.2. The van der Waals surface area contributed by atoms with E-state index < -0.39 is 17.9 Å². The van der Waals surface area contributed by atoms with Gasteiger partial charge in [0, 0.05) is 31.6 Å². The van der Waals surface area contributed by atoms with E-state index >= 15 is 0 Å². The molecule has 2 aliphatic heterocycles. The lowest BCUT2D eigenvalue weighted by molar-refractivity contribution is -0.137. The molecule has 0 radical (unpaired) electrons. The molecular weight excluding hydrogens is 418 g/mol. The molecule has 172 valence electrons. The van der Waals surface area contributed by atoms with Crippen molar-refractivity contribution >= 4 is 23.4 Å². The van der Waals surface area contributed by atoms with Crippen LogP contribution >= 0.6 is 0 Å². The SMILES string of the molecule is C[C@@H]1c2cc(C3=CCN(Cc4ccccc4)CC3)ccc2C(=O)N1[C@@H](CCC(=O)O)C(N)=O. The molecule has 0 saturated carbocycles. The lowest BCUT2D eigenvalue weighted by Gasteiger charge is -2.29. The lowest BCUT2D eigenvalue weighted by Crippen LogP contribution is -2.46. The summed E-state index contributed by atoms with van der Waals surface area (Å²) in [7, 11) is 0. The zero-order valence-electron chi connectivity index (χ0n) is 18.7. The van der Waals surface area contributed by atoms with Gasteiger partial charge in [0.15, 0.2) is 0 Å². The molecule has 2 atom stereocenters. The van der Waals surface area contributed by atoms with Crippen molar-refractivity contribution in [1.29, 1.82) is 0 Å². The number of rotatable bonds is 8. The van der Waals surface area contributed by atoms with Crippen LogP contribution in [-0.2, 0) is 16.1 Å². The lowest BCUT2D eigenvalue weighted by atomic mass is 9.94. The molecule has 2 amide bonds. The maximum atomic E-state index is 13.1. The van der Waals surface area contributed by atoms with Crippen molar-refractivity contribution in [2.24, 2.45) is 5.73 Å². The molecule has 2 aromatic carbocycles. The highest BCUT2D eigenvalue weighted by Crippen LogP contribution is 2.38. The highest BCUT2D eigenvalue weighted by atomic mass is 16.4. The van der Waals surface area contributed by atoms with Crippen LogP contribution in [0.25, 0.3) is 5.57 Å². The first-order valence-electron chi connectivity index (χ1n) is 11.3. The second-order valence-corrected chi connectivity index (χ2v) is 8.74. The van der Waals surface area contributed by atoms with E-state index in [9.17, 15) is 14.4 Å². The van der Waals surface area contributed by atoms with E-state index in [0.717, 1.165) is 37.2 Å². The highest BCUT2D eigenvalue weighted by Gasteiger charge is 2.40. The van der Waals surface area contributed by atoms with Crippen LogP contribution in [0, 0.1) is 0 Å². The second kappa shape index (κ2) is 9.58. The number of carbonyl (C=O) groups excluding carboxylic acids is 2. The molecule has 2 aromatic rings. The Morgan fingerprint density at radius 3 is 2.58 bits per heavy atom. The number of nitrogens with two attached hydrogens (primary N) is 1. The molecule has 0 bridgehead atoms. The summed E-state index contributed by atoms with van der Waals surface area (Å²) >= 11 is 0. The van der Waals surface area contributed by atoms with Gasteiger partial charge in [0.2, 0.25) is 5.91 Å². The molecule has 2 aliphatic rings. The first-order valence-corrected chi connectivity index (χ1v) is 11.3. The molecule has 7 nitrogen and oxygen atoms in total. The molecule has 2 heterocycles. The van der Waals surface area contributed by atoms with Crippen molar-refractivity contribution < 1.29 is 19.5 Å². The van der Waals surface area contributed by atoms with Crippen LogP contribution in [0.5, 0.6) is 0 Å². The van der Waals surface area contributed by atoms with Crippen LogP contribution < -0.4 is 5.73 Å². The fourth-order valence-electron chi connectivity index (χ4n) is 4.82. The summed E-state index contributed by atoms with van der Waals surface area (Å²) in [5.41, 5.74) is 10.6. The molecular formula is C26H29N3O4. The van der Waals surface area contributed by atoms with E-state index in [1.165, 1.54) is 16.0 Å². The fourth-order valence-corrected chi connectivity index (χ4v) is 4.82. The summed E-state index contributed by atoms with van der Waals surface area (Å²) in [5, 5.41) is 9.01. The van der Waals surface area contributed by atoms with E-state index in [0.29, 0.717) is 5.56 Å². The third-order valence-electron chi connectivity index (χ3n) is 6.59. The van der Waals surface area contributed by atoms with Gasteiger partial charge in [0.05, 0.1) is 6.04 Å². The van der Waals surface area contributed by atoms with Crippen molar-refractivity contribution in [3.8, 4) is 0 Å². The minimum atomic E-state index is -1.02. The summed E-state index contributed by atoms with van der Waals surface area (Å²) in [5.74, 6) is -1.98. The van der Waals surface area contributed by atoms with Crippen LogP contribution in [0.3, 0.4) is 0 Å². The number of benzene rings is 2. The van der Waals surface area contributed by atoms with Crippen molar-refractivity contribution in [1.82, 2.24) is 9.80 Å². The third kappa shape index (κ3) is 4.83. The fraction of sp³-hybridized carbons (Fsp3) is 0.346. The van der Waals surface area contributed by atoms with Gasteiger partial charge in [-0.2, -0.15) is 0 Å². The maximum Gasteiger partial charge on any atom is 0.303 e. The number of carboxylic acid groups (broad SMARTS) is 1. The number of carboxylic acids is 1. The van der Waals surface area contributed by atoms with Gasteiger partial charge < -0.3 is 15.7 Å². The molecule has 3 N–H and O–H groups in total. The van der Waals surface area contributed by atoms with E-state index in [1.807, 2.05) is 31.2 Å². The molecule has 0 fully saturated rings. The molecule has 7 heteroatoms. The Bertz CT molecular complexity index is 1100.